The van der Waals surface area contributed by atoms with Crippen molar-refractivity contribution in [1.29, 1.82) is 0 Å². The van der Waals surface area contributed by atoms with Crippen LogP contribution in [0.5, 0.6) is 5.75 Å². The van der Waals surface area contributed by atoms with Crippen molar-refractivity contribution >= 4 is 6.09 Å². The van der Waals surface area contributed by atoms with E-state index in [1.54, 1.807) is 17.0 Å². The third kappa shape index (κ3) is 6.53. The summed E-state index contributed by atoms with van der Waals surface area (Å²) < 4.78 is 24.1. The molecule has 0 radical (unpaired) electrons. The maximum Gasteiger partial charge on any atom is 0.410 e. The van der Waals surface area contributed by atoms with E-state index in [4.69, 9.17) is 9.47 Å². The number of nitrogens with zero attached hydrogens (tertiary/aromatic N) is 2. The Hall–Kier alpha value is -1.82. The van der Waals surface area contributed by atoms with Crippen LogP contribution in [-0.2, 0) is 4.74 Å². The van der Waals surface area contributed by atoms with Crippen LogP contribution in [0, 0.1) is 5.82 Å². The van der Waals surface area contributed by atoms with E-state index in [0.717, 1.165) is 32.5 Å². The van der Waals surface area contributed by atoms with Crippen LogP contribution in [0.25, 0.3) is 0 Å². The second-order valence-electron chi connectivity index (χ2n) is 7.47. The third-order valence-electron chi connectivity index (χ3n) is 4.26. The van der Waals surface area contributed by atoms with Crippen LogP contribution in [0.15, 0.2) is 24.3 Å². The molecule has 0 saturated carbocycles. The monoisotopic (exact) mass is 352 g/mol. The molecule has 1 aromatic carbocycles. The first-order valence-corrected chi connectivity index (χ1v) is 8.81. The van der Waals surface area contributed by atoms with E-state index >= 15 is 0 Å². The smallest absolute Gasteiger partial charge is 0.410 e. The first-order valence-electron chi connectivity index (χ1n) is 8.81. The molecule has 6 heteroatoms. The van der Waals surface area contributed by atoms with E-state index in [1.807, 2.05) is 27.8 Å². The van der Waals surface area contributed by atoms with Gasteiger partial charge in [0.05, 0.1) is 0 Å². The molecule has 140 valence electrons. The van der Waals surface area contributed by atoms with Gasteiger partial charge in [0.25, 0.3) is 0 Å². The molecule has 1 aliphatic rings. The van der Waals surface area contributed by atoms with Crippen molar-refractivity contribution in [2.24, 2.45) is 0 Å². The van der Waals surface area contributed by atoms with Crippen LogP contribution in [0.4, 0.5) is 9.18 Å². The molecule has 0 bridgehead atoms. The quantitative estimate of drug-likeness (QED) is 0.813. The Morgan fingerprint density at radius 3 is 2.60 bits per heavy atom. The summed E-state index contributed by atoms with van der Waals surface area (Å²) in [6, 6.07) is 6.39. The summed E-state index contributed by atoms with van der Waals surface area (Å²) in [5.74, 6) is 0.267. The Labute approximate surface area is 149 Å². The number of likely N-dealkylation sites (tertiary alicyclic amines) is 1. The molecular weight excluding hydrogens is 323 g/mol. The van der Waals surface area contributed by atoms with Gasteiger partial charge in [0, 0.05) is 38.8 Å². The molecule has 1 heterocycles. The Morgan fingerprint density at radius 2 is 2.00 bits per heavy atom. The zero-order chi connectivity index (χ0) is 18.4. The van der Waals surface area contributed by atoms with Crippen LogP contribution in [0.2, 0.25) is 0 Å². The summed E-state index contributed by atoms with van der Waals surface area (Å²) >= 11 is 0. The van der Waals surface area contributed by atoms with E-state index in [1.165, 1.54) is 12.1 Å². The lowest BCUT2D eigenvalue weighted by molar-refractivity contribution is 0.0147. The van der Waals surface area contributed by atoms with Crippen molar-refractivity contribution in [2.45, 2.75) is 45.3 Å². The topological polar surface area (TPSA) is 42.0 Å². The molecule has 0 atom stereocenters. The zero-order valence-electron chi connectivity index (χ0n) is 15.6. The van der Waals surface area contributed by atoms with Crippen molar-refractivity contribution in [3.8, 4) is 5.75 Å². The minimum absolute atomic E-state index is 0.204. The van der Waals surface area contributed by atoms with Gasteiger partial charge in [-0.3, -0.25) is 4.90 Å². The number of amides is 1. The summed E-state index contributed by atoms with van der Waals surface area (Å²) in [6.45, 7) is 8.75. The van der Waals surface area contributed by atoms with Crippen molar-refractivity contribution in [1.82, 2.24) is 9.80 Å². The normalized spacial score (nSPS) is 16.5. The minimum atomic E-state index is -0.472. The number of carbonyl (C=O) groups is 1. The van der Waals surface area contributed by atoms with Gasteiger partial charge in [-0.2, -0.15) is 0 Å². The first kappa shape index (κ1) is 19.5. The molecule has 0 aliphatic carbocycles. The second-order valence-corrected chi connectivity index (χ2v) is 7.47. The molecule has 2 rings (SSSR count). The average Bonchev–Trinajstić information content (AvgIpc) is 2.53. The Balaban J connectivity index is 1.69. The highest BCUT2D eigenvalue weighted by Gasteiger charge is 2.28. The minimum Gasteiger partial charge on any atom is -0.492 e. The highest BCUT2D eigenvalue weighted by Crippen LogP contribution is 2.18. The molecule has 0 spiro atoms. The van der Waals surface area contributed by atoms with Crippen LogP contribution in [0.3, 0.4) is 0 Å². The number of hydrogen-bond acceptors (Lipinski definition) is 4. The van der Waals surface area contributed by atoms with Gasteiger partial charge in [0.1, 0.15) is 23.8 Å². The fraction of sp³-hybridized carbons (Fsp3) is 0.632. The largest absolute Gasteiger partial charge is 0.492 e. The fourth-order valence-electron chi connectivity index (χ4n) is 2.86. The average molecular weight is 352 g/mol. The van der Waals surface area contributed by atoms with Crippen LogP contribution in [-0.4, -0.2) is 60.8 Å². The highest BCUT2D eigenvalue weighted by molar-refractivity contribution is 5.68. The number of hydrogen-bond donors (Lipinski definition) is 0. The predicted octanol–water partition coefficient (Wildman–Crippen LogP) is 3.54. The standard InChI is InChI=1S/C19H29FN2O3/c1-19(2,3)25-18(23)21(4)16-8-10-22(11-9-16)12-13-24-17-7-5-6-15(20)14-17/h5-7,14,16H,8-13H2,1-4H3. The van der Waals surface area contributed by atoms with Gasteiger partial charge in [-0.15, -0.1) is 0 Å². The lowest BCUT2D eigenvalue weighted by Gasteiger charge is -2.37. The molecule has 1 fully saturated rings. The Kier molecular flexibility index (Phi) is 6.64. The van der Waals surface area contributed by atoms with E-state index < -0.39 is 5.60 Å². The third-order valence-corrected chi connectivity index (χ3v) is 4.26. The van der Waals surface area contributed by atoms with Crippen molar-refractivity contribution in [3.05, 3.63) is 30.1 Å². The van der Waals surface area contributed by atoms with E-state index in [0.29, 0.717) is 12.4 Å². The van der Waals surface area contributed by atoms with Gasteiger partial charge < -0.3 is 14.4 Å². The maximum atomic E-state index is 13.1. The number of halogens is 1. The first-order chi connectivity index (χ1) is 11.7. The zero-order valence-corrected chi connectivity index (χ0v) is 15.6. The van der Waals surface area contributed by atoms with E-state index in [9.17, 15) is 9.18 Å². The van der Waals surface area contributed by atoms with Gasteiger partial charge in [-0.25, -0.2) is 9.18 Å². The van der Waals surface area contributed by atoms with Crippen molar-refractivity contribution in [3.63, 3.8) is 0 Å². The van der Waals surface area contributed by atoms with Crippen molar-refractivity contribution in [2.75, 3.05) is 33.3 Å². The van der Waals surface area contributed by atoms with Crippen LogP contribution < -0.4 is 4.74 Å². The molecule has 1 aliphatic heterocycles. The predicted molar refractivity (Wildman–Crippen MR) is 95.4 cm³/mol. The summed E-state index contributed by atoms with van der Waals surface area (Å²) in [6.07, 6.45) is 1.56. The van der Waals surface area contributed by atoms with Gasteiger partial charge in [0.15, 0.2) is 0 Å². The summed E-state index contributed by atoms with van der Waals surface area (Å²) in [5, 5.41) is 0. The molecule has 1 aromatic rings. The molecule has 25 heavy (non-hydrogen) atoms. The summed E-state index contributed by atoms with van der Waals surface area (Å²) in [4.78, 5) is 16.2. The molecular formula is C19H29FN2O3. The summed E-state index contributed by atoms with van der Waals surface area (Å²) in [7, 11) is 1.81. The highest BCUT2D eigenvalue weighted by atomic mass is 19.1. The number of ether oxygens (including phenoxy) is 2. The molecule has 0 unspecified atom stereocenters. The van der Waals surface area contributed by atoms with Gasteiger partial charge >= 0.3 is 6.09 Å². The van der Waals surface area contributed by atoms with E-state index in [2.05, 4.69) is 4.90 Å². The Morgan fingerprint density at radius 1 is 1.32 bits per heavy atom. The van der Waals surface area contributed by atoms with Gasteiger partial charge in [-0.1, -0.05) is 6.07 Å². The van der Waals surface area contributed by atoms with Crippen LogP contribution in [0.1, 0.15) is 33.6 Å². The lowest BCUT2D eigenvalue weighted by Crippen LogP contribution is -2.47. The number of piperidine rings is 1. The number of rotatable bonds is 5. The SMILES string of the molecule is CN(C(=O)OC(C)(C)C)C1CCN(CCOc2cccc(F)c2)CC1. The van der Waals surface area contributed by atoms with Crippen LogP contribution >= 0.6 is 0 Å². The van der Waals surface area contributed by atoms with Crippen molar-refractivity contribution < 1.29 is 18.7 Å². The van der Waals surface area contributed by atoms with Gasteiger partial charge in [0.2, 0.25) is 0 Å². The lowest BCUT2D eigenvalue weighted by atomic mass is 10.0. The second kappa shape index (κ2) is 8.52. The molecule has 0 N–H and O–H groups in total. The molecule has 1 saturated heterocycles. The van der Waals surface area contributed by atoms with Gasteiger partial charge in [-0.05, 0) is 45.7 Å². The van der Waals surface area contributed by atoms with E-state index in [-0.39, 0.29) is 18.0 Å². The fourth-order valence-corrected chi connectivity index (χ4v) is 2.86. The summed E-state index contributed by atoms with van der Waals surface area (Å²) in [5.41, 5.74) is -0.472. The molecule has 5 nitrogen and oxygen atoms in total. The number of carbonyl (C=O) groups excluding carboxylic acids is 1. The molecule has 1 amide bonds. The maximum absolute atomic E-state index is 13.1. The molecule has 0 aromatic heterocycles. The Bertz CT molecular complexity index is 566. The number of benzene rings is 1.